The van der Waals surface area contributed by atoms with Gasteiger partial charge in [-0.2, -0.15) is 0 Å². The molecule has 17 heteroatoms. The lowest BCUT2D eigenvalue weighted by molar-refractivity contribution is -0.385. The normalized spacial score (nSPS) is 12.6. The van der Waals surface area contributed by atoms with E-state index in [1.165, 1.54) is 0 Å². The van der Waals surface area contributed by atoms with Crippen LogP contribution in [0.4, 0.5) is 17.1 Å². The zero-order valence-electron chi connectivity index (χ0n) is 18.1. The molecule has 0 saturated heterocycles. The topological polar surface area (TPSA) is 204 Å². The molecule has 1 atom stereocenters. The molecular formula is C19H15N4O11PS. The second kappa shape index (κ2) is 10.4. The number of nitro benzene ring substituents is 3. The quantitative estimate of drug-likeness (QED) is 0.189. The molecule has 0 bridgehead atoms. The number of nitro groups is 3. The molecule has 15 nitrogen and oxygen atoms in total. The zero-order chi connectivity index (χ0) is 26.5. The van der Waals surface area contributed by atoms with Crippen LogP contribution >= 0.6 is 7.75 Å². The molecule has 0 aliphatic heterocycles. The molecule has 3 rings (SSSR count). The standard InChI is InChI=1S/C19H15N4O11PS/c1-36(31,34-19-12-6-16(7-13-19)23(28)29)20-35(30,32-17-8-2-14(3-9-17)21(24)25)33-18-10-4-15(5-11-18)22(26)27/h2-13H,1H3/t36-/m0/s1. The molecule has 3 aromatic carbocycles. The van der Waals surface area contributed by atoms with E-state index in [1.54, 1.807) is 0 Å². The van der Waals surface area contributed by atoms with Gasteiger partial charge in [0.2, 0.25) is 10.0 Å². The van der Waals surface area contributed by atoms with Crippen molar-refractivity contribution in [3.8, 4) is 17.2 Å². The van der Waals surface area contributed by atoms with Gasteiger partial charge in [0.05, 0.1) is 21.0 Å². The Labute approximate surface area is 202 Å². The van der Waals surface area contributed by atoms with Gasteiger partial charge >= 0.3 is 7.75 Å². The first kappa shape index (κ1) is 26.1. The Morgan fingerprint density at radius 1 is 0.667 bits per heavy atom. The van der Waals surface area contributed by atoms with E-state index >= 15 is 0 Å². The fraction of sp³-hybridized carbons (Fsp3) is 0.0526. The van der Waals surface area contributed by atoms with Crippen LogP contribution in [0.25, 0.3) is 0 Å². The summed E-state index contributed by atoms with van der Waals surface area (Å²) in [7, 11) is -8.58. The van der Waals surface area contributed by atoms with Gasteiger partial charge in [0.15, 0.2) is 0 Å². The molecular weight excluding hydrogens is 523 g/mol. The number of hydrogen-bond donors (Lipinski definition) is 0. The molecule has 188 valence electrons. The minimum Gasteiger partial charge on any atom is -0.399 e. The fourth-order valence-corrected chi connectivity index (χ4v) is 5.71. The Hall–Kier alpha value is -4.56. The second-order valence-electron chi connectivity index (χ2n) is 6.80. The average Bonchev–Trinajstić information content (AvgIpc) is 2.79. The maximum absolute atomic E-state index is 13.5. The highest BCUT2D eigenvalue weighted by Gasteiger charge is 2.32. The smallest absolute Gasteiger partial charge is 0.399 e. The minimum absolute atomic E-state index is 0.103. The van der Waals surface area contributed by atoms with Crippen molar-refractivity contribution in [2.45, 2.75) is 0 Å². The van der Waals surface area contributed by atoms with Crippen molar-refractivity contribution in [1.29, 1.82) is 0 Å². The highest BCUT2D eigenvalue weighted by Crippen LogP contribution is 2.51. The molecule has 0 amide bonds. The summed E-state index contributed by atoms with van der Waals surface area (Å²) in [5, 5.41) is 32.5. The van der Waals surface area contributed by atoms with Crippen molar-refractivity contribution in [1.82, 2.24) is 0 Å². The molecule has 0 unspecified atom stereocenters. The highest BCUT2D eigenvalue weighted by atomic mass is 32.2. The Bertz CT molecular complexity index is 1410. The van der Waals surface area contributed by atoms with Crippen LogP contribution in [0.1, 0.15) is 0 Å². The molecule has 0 aliphatic carbocycles. The van der Waals surface area contributed by atoms with Crippen LogP contribution in [0.15, 0.2) is 76.9 Å². The van der Waals surface area contributed by atoms with E-state index in [0.29, 0.717) is 0 Å². The highest BCUT2D eigenvalue weighted by molar-refractivity contribution is 7.91. The molecule has 3 aromatic rings. The number of nitrogens with zero attached hydrogens (tertiary/aromatic N) is 4. The zero-order valence-corrected chi connectivity index (χ0v) is 19.8. The van der Waals surface area contributed by atoms with Gasteiger partial charge in [0, 0.05) is 36.4 Å². The van der Waals surface area contributed by atoms with E-state index < -0.39 is 32.5 Å². The van der Waals surface area contributed by atoms with Crippen LogP contribution in [0.3, 0.4) is 0 Å². The number of hydrogen-bond acceptors (Lipinski definition) is 11. The lowest BCUT2D eigenvalue weighted by Crippen LogP contribution is -2.09. The summed E-state index contributed by atoms with van der Waals surface area (Å²) >= 11 is 0. The average molecular weight is 538 g/mol. The van der Waals surface area contributed by atoms with Crippen molar-refractivity contribution >= 4 is 34.8 Å². The van der Waals surface area contributed by atoms with Crippen LogP contribution in [-0.2, 0) is 14.6 Å². The van der Waals surface area contributed by atoms with Gasteiger partial charge in [-0.15, -0.1) is 0 Å². The minimum atomic E-state index is -4.75. The molecule has 0 heterocycles. The monoisotopic (exact) mass is 538 g/mol. The first-order chi connectivity index (χ1) is 16.9. The van der Waals surface area contributed by atoms with Gasteiger partial charge in [0.1, 0.15) is 17.2 Å². The van der Waals surface area contributed by atoms with Crippen molar-refractivity contribution in [2.24, 2.45) is 4.13 Å². The summed E-state index contributed by atoms with van der Waals surface area (Å²) in [6.45, 7) is 0. The van der Waals surface area contributed by atoms with E-state index in [9.17, 15) is 39.1 Å². The Morgan fingerprint density at radius 2 is 0.972 bits per heavy atom. The van der Waals surface area contributed by atoms with Gasteiger partial charge in [-0.1, -0.05) is 4.13 Å². The first-order valence-corrected chi connectivity index (χ1v) is 12.9. The Kier molecular flexibility index (Phi) is 7.50. The largest absolute Gasteiger partial charge is 0.574 e. The summed E-state index contributed by atoms with van der Waals surface area (Å²) < 4.78 is 46.0. The maximum Gasteiger partial charge on any atom is 0.574 e. The van der Waals surface area contributed by atoms with Crippen molar-refractivity contribution < 1.29 is 36.8 Å². The predicted octanol–water partition coefficient (Wildman–Crippen LogP) is 5.07. The van der Waals surface area contributed by atoms with Crippen LogP contribution < -0.4 is 13.2 Å². The van der Waals surface area contributed by atoms with E-state index in [2.05, 4.69) is 4.13 Å². The maximum atomic E-state index is 13.5. The van der Waals surface area contributed by atoms with Crippen molar-refractivity contribution in [3.63, 3.8) is 0 Å². The molecule has 0 aliphatic rings. The Morgan fingerprint density at radius 3 is 1.28 bits per heavy atom. The number of benzene rings is 3. The molecule has 0 saturated carbocycles. The summed E-state index contributed by atoms with van der Waals surface area (Å²) in [6, 6.07) is 13.1. The lowest BCUT2D eigenvalue weighted by Gasteiger charge is -2.17. The second-order valence-corrected chi connectivity index (χ2v) is 10.4. The number of non-ortho nitro benzene ring substituents is 3. The van der Waals surface area contributed by atoms with Crippen LogP contribution in [0.2, 0.25) is 0 Å². The van der Waals surface area contributed by atoms with E-state index in [-0.39, 0.29) is 34.3 Å². The van der Waals surface area contributed by atoms with Crippen LogP contribution in [-0.4, -0.2) is 25.2 Å². The van der Waals surface area contributed by atoms with Gasteiger partial charge in [-0.25, -0.2) is 8.77 Å². The third-order valence-corrected chi connectivity index (χ3v) is 7.45. The third-order valence-electron chi connectivity index (χ3n) is 4.08. The molecule has 0 radical (unpaired) electrons. The van der Waals surface area contributed by atoms with Gasteiger partial charge < -0.3 is 13.2 Å². The molecule has 0 fully saturated rings. The Balaban J connectivity index is 1.96. The van der Waals surface area contributed by atoms with Crippen LogP contribution in [0.5, 0.6) is 17.2 Å². The summed E-state index contributed by atoms with van der Waals surface area (Å²) in [5.74, 6) is -0.491. The molecule has 0 aromatic heterocycles. The summed E-state index contributed by atoms with van der Waals surface area (Å²) in [6.07, 6.45) is 0.958. The van der Waals surface area contributed by atoms with E-state index in [4.69, 9.17) is 13.2 Å². The van der Waals surface area contributed by atoms with Crippen molar-refractivity contribution in [2.75, 3.05) is 6.26 Å². The van der Waals surface area contributed by atoms with Gasteiger partial charge in [-0.3, -0.25) is 30.3 Å². The van der Waals surface area contributed by atoms with Gasteiger partial charge in [-0.05, 0) is 36.4 Å². The molecule has 0 N–H and O–H groups in total. The van der Waals surface area contributed by atoms with Crippen molar-refractivity contribution in [3.05, 3.63) is 103 Å². The third kappa shape index (κ3) is 6.97. The summed E-state index contributed by atoms with van der Waals surface area (Å²) in [4.78, 5) is 30.5. The lowest BCUT2D eigenvalue weighted by atomic mass is 10.3. The van der Waals surface area contributed by atoms with Crippen LogP contribution in [0, 0.1) is 30.3 Å². The number of rotatable bonds is 10. The SMILES string of the molecule is C[S@@](=O)(=NP(=O)(Oc1ccc([N+](=O)[O-])cc1)Oc1ccc([N+](=O)[O-])cc1)Oc1ccc([N+](=O)[O-])cc1. The molecule has 0 spiro atoms. The summed E-state index contributed by atoms with van der Waals surface area (Å²) in [5.41, 5.74) is -0.826. The van der Waals surface area contributed by atoms with E-state index in [0.717, 1.165) is 79.1 Å². The van der Waals surface area contributed by atoms with E-state index in [1.807, 2.05) is 0 Å². The predicted molar refractivity (Wildman–Crippen MR) is 125 cm³/mol. The fourth-order valence-electron chi connectivity index (χ4n) is 2.58. The van der Waals surface area contributed by atoms with Gasteiger partial charge in [0.25, 0.3) is 17.1 Å². The first-order valence-electron chi connectivity index (χ1n) is 9.51. The molecule has 36 heavy (non-hydrogen) atoms.